The molecule has 1 fully saturated rings. The summed E-state index contributed by atoms with van der Waals surface area (Å²) in [6, 6.07) is 3.16. The maximum absolute atomic E-state index is 13.4. The predicted molar refractivity (Wildman–Crippen MR) is 72.8 cm³/mol. The van der Waals surface area contributed by atoms with E-state index < -0.39 is 17.8 Å². The molecule has 0 heterocycles. The molecule has 1 aliphatic rings. The highest BCUT2D eigenvalue weighted by Crippen LogP contribution is 2.25. The van der Waals surface area contributed by atoms with Crippen LogP contribution in [-0.2, 0) is 9.53 Å². The Morgan fingerprint density at radius 3 is 2.75 bits per heavy atom. The SMILES string of the molecule is CCOC(=O)C(NC1CCCC1)c1cc(O)cc(F)c1. The van der Waals surface area contributed by atoms with Gasteiger partial charge in [0.2, 0.25) is 0 Å². The van der Waals surface area contributed by atoms with Crippen molar-refractivity contribution in [3.05, 3.63) is 29.6 Å². The highest BCUT2D eigenvalue weighted by atomic mass is 19.1. The highest BCUT2D eigenvalue weighted by molar-refractivity contribution is 5.78. The van der Waals surface area contributed by atoms with Gasteiger partial charge in [-0.3, -0.25) is 5.32 Å². The fourth-order valence-corrected chi connectivity index (χ4v) is 2.62. The third-order valence-electron chi connectivity index (χ3n) is 3.52. The number of benzene rings is 1. The van der Waals surface area contributed by atoms with Crippen LogP contribution in [0.15, 0.2) is 18.2 Å². The number of phenols is 1. The van der Waals surface area contributed by atoms with Gasteiger partial charge in [-0.15, -0.1) is 0 Å². The monoisotopic (exact) mass is 281 g/mol. The molecule has 4 nitrogen and oxygen atoms in total. The fourth-order valence-electron chi connectivity index (χ4n) is 2.62. The molecule has 2 N–H and O–H groups in total. The van der Waals surface area contributed by atoms with Crippen molar-refractivity contribution in [3.63, 3.8) is 0 Å². The van der Waals surface area contributed by atoms with Gasteiger partial charge in [-0.05, 0) is 37.5 Å². The summed E-state index contributed by atoms with van der Waals surface area (Å²) in [6.07, 6.45) is 4.25. The number of halogens is 1. The van der Waals surface area contributed by atoms with Crippen LogP contribution >= 0.6 is 0 Å². The molecule has 0 radical (unpaired) electrons. The number of ether oxygens (including phenoxy) is 1. The summed E-state index contributed by atoms with van der Waals surface area (Å²) in [5.74, 6) is -1.20. The minimum atomic E-state index is -0.736. The normalized spacial score (nSPS) is 17.1. The van der Waals surface area contributed by atoms with E-state index in [0.29, 0.717) is 5.56 Å². The van der Waals surface area contributed by atoms with E-state index in [-0.39, 0.29) is 18.4 Å². The fraction of sp³-hybridized carbons (Fsp3) is 0.533. The lowest BCUT2D eigenvalue weighted by Crippen LogP contribution is -2.36. The Balaban J connectivity index is 2.21. The van der Waals surface area contributed by atoms with Crippen molar-refractivity contribution in [2.24, 2.45) is 0 Å². The zero-order chi connectivity index (χ0) is 14.5. The van der Waals surface area contributed by atoms with Crippen LogP contribution in [-0.4, -0.2) is 23.7 Å². The van der Waals surface area contributed by atoms with Gasteiger partial charge < -0.3 is 9.84 Å². The van der Waals surface area contributed by atoms with Crippen molar-refractivity contribution in [3.8, 4) is 5.75 Å². The number of phenolic OH excluding ortho intramolecular Hbond substituents is 1. The van der Waals surface area contributed by atoms with Gasteiger partial charge in [-0.25, -0.2) is 9.18 Å². The second kappa shape index (κ2) is 6.70. The maximum atomic E-state index is 13.4. The second-order valence-corrected chi connectivity index (χ2v) is 5.08. The van der Waals surface area contributed by atoms with Crippen molar-refractivity contribution in [1.29, 1.82) is 0 Å². The van der Waals surface area contributed by atoms with E-state index in [4.69, 9.17) is 4.74 Å². The zero-order valence-corrected chi connectivity index (χ0v) is 11.6. The van der Waals surface area contributed by atoms with Crippen LogP contribution in [0, 0.1) is 5.82 Å². The third kappa shape index (κ3) is 3.70. The molecule has 1 atom stereocenters. The summed E-state index contributed by atoms with van der Waals surface area (Å²) in [5, 5.41) is 12.7. The molecule has 0 aromatic heterocycles. The molecule has 1 aromatic rings. The zero-order valence-electron chi connectivity index (χ0n) is 11.6. The van der Waals surface area contributed by atoms with Crippen LogP contribution in [0.1, 0.15) is 44.2 Å². The lowest BCUT2D eigenvalue weighted by molar-refractivity contribution is -0.146. The molecule has 0 saturated heterocycles. The van der Waals surface area contributed by atoms with Gasteiger partial charge in [-0.2, -0.15) is 0 Å². The van der Waals surface area contributed by atoms with Gasteiger partial charge in [0, 0.05) is 12.1 Å². The van der Waals surface area contributed by atoms with E-state index in [0.717, 1.165) is 31.7 Å². The number of hydrogen-bond donors (Lipinski definition) is 2. The van der Waals surface area contributed by atoms with Gasteiger partial charge in [0.15, 0.2) is 0 Å². The van der Waals surface area contributed by atoms with E-state index in [9.17, 15) is 14.3 Å². The summed E-state index contributed by atoms with van der Waals surface area (Å²) < 4.78 is 18.5. The van der Waals surface area contributed by atoms with Crippen molar-refractivity contribution in [1.82, 2.24) is 5.32 Å². The van der Waals surface area contributed by atoms with Gasteiger partial charge >= 0.3 is 5.97 Å². The van der Waals surface area contributed by atoms with Crippen molar-refractivity contribution >= 4 is 5.97 Å². The molecule has 0 spiro atoms. The van der Waals surface area contributed by atoms with Crippen molar-refractivity contribution in [2.75, 3.05) is 6.61 Å². The second-order valence-electron chi connectivity index (χ2n) is 5.08. The number of hydrogen-bond acceptors (Lipinski definition) is 4. The molecule has 5 heteroatoms. The first-order valence-electron chi connectivity index (χ1n) is 7.02. The molecular formula is C15H20FNO3. The highest BCUT2D eigenvalue weighted by Gasteiger charge is 2.27. The van der Waals surface area contributed by atoms with Gasteiger partial charge in [0.25, 0.3) is 0 Å². The standard InChI is InChI=1S/C15H20FNO3/c1-2-20-15(19)14(17-12-5-3-4-6-12)10-7-11(16)9-13(18)8-10/h7-9,12,14,17-18H,2-6H2,1H3. The third-order valence-corrected chi connectivity index (χ3v) is 3.52. The Bertz CT molecular complexity index is 452. The Kier molecular flexibility index (Phi) is 4.95. The Morgan fingerprint density at radius 1 is 1.45 bits per heavy atom. The van der Waals surface area contributed by atoms with Crippen LogP contribution in [0.5, 0.6) is 5.75 Å². The van der Waals surface area contributed by atoms with E-state index in [1.807, 2.05) is 0 Å². The minimum absolute atomic E-state index is 0.192. The lowest BCUT2D eigenvalue weighted by atomic mass is 10.0. The number of aromatic hydroxyl groups is 1. The number of carbonyl (C=O) groups excluding carboxylic acids is 1. The van der Waals surface area contributed by atoms with E-state index in [1.165, 1.54) is 12.1 Å². The molecule has 0 amide bonds. The summed E-state index contributed by atoms with van der Waals surface area (Å²) in [5.41, 5.74) is 0.396. The van der Waals surface area contributed by atoms with Crippen LogP contribution in [0.3, 0.4) is 0 Å². The molecular weight excluding hydrogens is 261 g/mol. The Morgan fingerprint density at radius 2 is 2.15 bits per heavy atom. The number of nitrogens with one attached hydrogen (secondary N) is 1. The van der Waals surface area contributed by atoms with Crippen molar-refractivity contribution in [2.45, 2.75) is 44.7 Å². The quantitative estimate of drug-likeness (QED) is 0.815. The average Bonchev–Trinajstić information content (AvgIpc) is 2.87. The van der Waals surface area contributed by atoms with Gasteiger partial charge in [0.05, 0.1) is 6.61 Å². The molecule has 2 rings (SSSR count). The number of rotatable bonds is 5. The smallest absolute Gasteiger partial charge is 0.327 e. The summed E-state index contributed by atoms with van der Waals surface area (Å²) >= 11 is 0. The summed E-state index contributed by atoms with van der Waals surface area (Å²) in [4.78, 5) is 12.1. The Hall–Kier alpha value is -1.62. The van der Waals surface area contributed by atoms with Crippen LogP contribution < -0.4 is 5.32 Å². The first-order valence-corrected chi connectivity index (χ1v) is 7.02. The molecule has 1 unspecified atom stereocenters. The predicted octanol–water partition coefficient (Wildman–Crippen LogP) is 2.67. The number of esters is 1. The molecule has 1 saturated carbocycles. The average molecular weight is 281 g/mol. The largest absolute Gasteiger partial charge is 0.508 e. The van der Waals surface area contributed by atoms with Crippen molar-refractivity contribution < 1.29 is 19.0 Å². The minimum Gasteiger partial charge on any atom is -0.508 e. The maximum Gasteiger partial charge on any atom is 0.327 e. The van der Waals surface area contributed by atoms with Crippen LogP contribution in [0.4, 0.5) is 4.39 Å². The lowest BCUT2D eigenvalue weighted by Gasteiger charge is -2.22. The topological polar surface area (TPSA) is 58.6 Å². The van der Waals surface area contributed by atoms with E-state index >= 15 is 0 Å². The van der Waals surface area contributed by atoms with Crippen LogP contribution in [0.2, 0.25) is 0 Å². The van der Waals surface area contributed by atoms with Gasteiger partial charge in [0.1, 0.15) is 17.6 Å². The van der Waals surface area contributed by atoms with E-state index in [1.54, 1.807) is 6.92 Å². The molecule has 0 bridgehead atoms. The molecule has 20 heavy (non-hydrogen) atoms. The molecule has 1 aromatic carbocycles. The molecule has 0 aliphatic heterocycles. The first-order chi connectivity index (χ1) is 9.60. The summed E-state index contributed by atoms with van der Waals surface area (Å²) in [6.45, 7) is 2.00. The van der Waals surface area contributed by atoms with E-state index in [2.05, 4.69) is 5.32 Å². The molecule has 1 aliphatic carbocycles. The first kappa shape index (κ1) is 14.8. The number of carbonyl (C=O) groups is 1. The Labute approximate surface area is 117 Å². The van der Waals surface area contributed by atoms with Crippen LogP contribution in [0.25, 0.3) is 0 Å². The summed E-state index contributed by atoms with van der Waals surface area (Å²) in [7, 11) is 0. The molecule has 110 valence electrons. The van der Waals surface area contributed by atoms with Gasteiger partial charge in [-0.1, -0.05) is 12.8 Å².